The number of aryl methyl sites for hydroxylation is 1. The molecule has 102 valence electrons. The second-order valence-corrected chi connectivity index (χ2v) is 5.15. The maximum atomic E-state index is 12.3. The third-order valence-electron chi connectivity index (χ3n) is 3.11. The lowest BCUT2D eigenvalue weighted by atomic mass is 10.1. The Kier molecular flexibility index (Phi) is 3.78. The second-order valence-electron chi connectivity index (χ2n) is 4.72. The van der Waals surface area contributed by atoms with Gasteiger partial charge < -0.3 is 15.1 Å². The average Bonchev–Trinajstić information content (AvgIpc) is 2.69. The van der Waals surface area contributed by atoms with Crippen molar-refractivity contribution in [3.63, 3.8) is 0 Å². The van der Waals surface area contributed by atoms with Crippen LogP contribution in [0.1, 0.15) is 22.3 Å². The van der Waals surface area contributed by atoms with Crippen LogP contribution in [0.3, 0.4) is 0 Å². The summed E-state index contributed by atoms with van der Waals surface area (Å²) in [6.07, 6.45) is -0.744. The molecule has 5 nitrogen and oxygen atoms in total. The number of halogens is 1. The number of benzene rings is 1. The van der Waals surface area contributed by atoms with Crippen LogP contribution in [-0.4, -0.2) is 45.7 Å². The Hall–Kier alpha value is -1.59. The molecule has 1 amide bonds. The summed E-state index contributed by atoms with van der Waals surface area (Å²) in [4.78, 5) is 24.6. The maximum Gasteiger partial charge on any atom is 0.326 e. The molecule has 1 aromatic rings. The summed E-state index contributed by atoms with van der Waals surface area (Å²) in [6.45, 7) is 1.83. The average molecular weight is 284 g/mol. The number of aliphatic hydroxyl groups excluding tert-OH is 1. The fraction of sp³-hybridized carbons (Fsp3) is 0.385. The van der Waals surface area contributed by atoms with Crippen molar-refractivity contribution in [2.24, 2.45) is 0 Å². The first-order chi connectivity index (χ1) is 8.88. The van der Waals surface area contributed by atoms with Gasteiger partial charge in [0.1, 0.15) is 6.04 Å². The molecule has 1 heterocycles. The van der Waals surface area contributed by atoms with E-state index in [-0.39, 0.29) is 13.0 Å². The Morgan fingerprint density at radius 1 is 1.37 bits per heavy atom. The number of aliphatic hydroxyl groups is 1. The van der Waals surface area contributed by atoms with E-state index >= 15 is 0 Å². The number of hydrogen-bond acceptors (Lipinski definition) is 3. The molecule has 0 aliphatic carbocycles. The molecule has 0 aromatic heterocycles. The van der Waals surface area contributed by atoms with E-state index in [4.69, 9.17) is 16.7 Å². The van der Waals surface area contributed by atoms with Crippen LogP contribution in [0.15, 0.2) is 18.2 Å². The lowest BCUT2D eigenvalue weighted by molar-refractivity contribution is -0.141. The first-order valence-electron chi connectivity index (χ1n) is 5.87. The number of rotatable bonds is 2. The van der Waals surface area contributed by atoms with E-state index in [1.54, 1.807) is 19.1 Å². The van der Waals surface area contributed by atoms with E-state index in [1.807, 2.05) is 0 Å². The van der Waals surface area contributed by atoms with Crippen molar-refractivity contribution < 1.29 is 19.8 Å². The quantitative estimate of drug-likeness (QED) is 0.858. The van der Waals surface area contributed by atoms with Crippen molar-refractivity contribution in [2.45, 2.75) is 25.5 Å². The zero-order chi connectivity index (χ0) is 14.2. The molecular formula is C13H14ClNO4. The van der Waals surface area contributed by atoms with Gasteiger partial charge in [0.05, 0.1) is 6.10 Å². The molecule has 1 fully saturated rings. The van der Waals surface area contributed by atoms with Gasteiger partial charge in [0.2, 0.25) is 0 Å². The minimum absolute atomic E-state index is 0.0291. The number of carboxylic acid groups (broad SMARTS) is 1. The van der Waals surface area contributed by atoms with Gasteiger partial charge >= 0.3 is 5.97 Å². The first kappa shape index (κ1) is 13.8. The van der Waals surface area contributed by atoms with Crippen molar-refractivity contribution >= 4 is 23.5 Å². The molecular weight excluding hydrogens is 270 g/mol. The van der Waals surface area contributed by atoms with E-state index in [0.717, 1.165) is 5.56 Å². The van der Waals surface area contributed by atoms with E-state index in [2.05, 4.69) is 0 Å². The van der Waals surface area contributed by atoms with Crippen molar-refractivity contribution in [1.29, 1.82) is 0 Å². The molecule has 2 N–H and O–H groups in total. The summed E-state index contributed by atoms with van der Waals surface area (Å²) in [7, 11) is 0. The maximum absolute atomic E-state index is 12.3. The molecule has 0 unspecified atom stereocenters. The smallest absolute Gasteiger partial charge is 0.326 e. The second kappa shape index (κ2) is 5.19. The number of carbonyl (C=O) groups excluding carboxylic acids is 1. The van der Waals surface area contributed by atoms with Crippen molar-refractivity contribution in [2.75, 3.05) is 6.54 Å². The predicted molar refractivity (Wildman–Crippen MR) is 69.3 cm³/mol. The van der Waals surface area contributed by atoms with Gasteiger partial charge in [-0.15, -0.1) is 0 Å². The summed E-state index contributed by atoms with van der Waals surface area (Å²) >= 11 is 5.89. The summed E-state index contributed by atoms with van der Waals surface area (Å²) in [6, 6.07) is 3.88. The SMILES string of the molecule is Cc1cc(Cl)cc(C(=O)N2C[C@H](O)C[C@@H]2C(=O)O)c1. The lowest BCUT2D eigenvalue weighted by Crippen LogP contribution is -2.40. The van der Waals surface area contributed by atoms with Crippen LogP contribution in [0.5, 0.6) is 0 Å². The Balaban J connectivity index is 2.30. The van der Waals surface area contributed by atoms with Gasteiger partial charge in [-0.3, -0.25) is 4.79 Å². The fourth-order valence-corrected chi connectivity index (χ4v) is 2.59. The predicted octanol–water partition coefficient (Wildman–Crippen LogP) is 1.31. The number of hydrogen-bond donors (Lipinski definition) is 2. The zero-order valence-corrected chi connectivity index (χ0v) is 11.1. The third kappa shape index (κ3) is 2.88. The van der Waals surface area contributed by atoms with Gasteiger partial charge in [0.25, 0.3) is 5.91 Å². The van der Waals surface area contributed by atoms with E-state index in [0.29, 0.717) is 10.6 Å². The number of β-amino-alcohol motifs (C(OH)–C–C–N with tert-alkyl or cyclic N) is 1. The summed E-state index contributed by atoms with van der Waals surface area (Å²) in [5.41, 5.74) is 1.16. The molecule has 1 saturated heterocycles. The number of aliphatic carboxylic acids is 1. The van der Waals surface area contributed by atoms with Crippen LogP contribution in [-0.2, 0) is 4.79 Å². The van der Waals surface area contributed by atoms with Crippen LogP contribution < -0.4 is 0 Å². The molecule has 2 rings (SSSR count). The minimum atomic E-state index is -1.11. The Bertz CT molecular complexity index is 511. The Morgan fingerprint density at radius 2 is 2.05 bits per heavy atom. The van der Waals surface area contributed by atoms with Gasteiger partial charge in [-0.2, -0.15) is 0 Å². The van der Waals surface area contributed by atoms with Crippen molar-refractivity contribution in [3.8, 4) is 0 Å². The van der Waals surface area contributed by atoms with Crippen LogP contribution in [0, 0.1) is 6.92 Å². The molecule has 6 heteroatoms. The highest BCUT2D eigenvalue weighted by molar-refractivity contribution is 6.31. The van der Waals surface area contributed by atoms with Gasteiger partial charge in [-0.25, -0.2) is 4.79 Å². The van der Waals surface area contributed by atoms with Crippen LogP contribution >= 0.6 is 11.6 Å². The first-order valence-corrected chi connectivity index (χ1v) is 6.25. The fourth-order valence-electron chi connectivity index (χ4n) is 2.30. The van der Waals surface area contributed by atoms with Gasteiger partial charge in [0, 0.05) is 23.6 Å². The monoisotopic (exact) mass is 283 g/mol. The Morgan fingerprint density at radius 3 is 2.63 bits per heavy atom. The van der Waals surface area contributed by atoms with Crippen LogP contribution in [0.4, 0.5) is 0 Å². The topological polar surface area (TPSA) is 77.8 Å². The molecule has 0 bridgehead atoms. The van der Waals surface area contributed by atoms with E-state index in [1.165, 1.54) is 11.0 Å². The zero-order valence-electron chi connectivity index (χ0n) is 10.3. The molecule has 0 saturated carbocycles. The van der Waals surface area contributed by atoms with Crippen molar-refractivity contribution in [1.82, 2.24) is 4.90 Å². The van der Waals surface area contributed by atoms with Crippen LogP contribution in [0.2, 0.25) is 5.02 Å². The summed E-state index contributed by atoms with van der Waals surface area (Å²) in [5, 5.41) is 19.0. The molecule has 1 aromatic carbocycles. The number of carbonyl (C=O) groups is 2. The third-order valence-corrected chi connectivity index (χ3v) is 3.33. The number of likely N-dealkylation sites (tertiary alicyclic amines) is 1. The molecule has 0 spiro atoms. The number of nitrogens with zero attached hydrogens (tertiary/aromatic N) is 1. The summed E-state index contributed by atoms with van der Waals surface area (Å²) < 4.78 is 0. The molecule has 1 aliphatic heterocycles. The summed E-state index contributed by atoms with van der Waals surface area (Å²) in [5.74, 6) is -1.53. The standard InChI is InChI=1S/C13H14ClNO4/c1-7-2-8(4-9(14)3-7)12(17)15-6-10(16)5-11(15)13(18)19/h2-4,10-11,16H,5-6H2,1H3,(H,18,19)/t10-,11-/m1/s1. The normalized spacial score (nSPS) is 22.6. The number of amides is 1. The highest BCUT2D eigenvalue weighted by Crippen LogP contribution is 2.23. The van der Waals surface area contributed by atoms with Gasteiger partial charge in [-0.05, 0) is 30.7 Å². The molecule has 2 atom stereocenters. The van der Waals surface area contributed by atoms with Gasteiger partial charge in [0.15, 0.2) is 0 Å². The van der Waals surface area contributed by atoms with E-state index in [9.17, 15) is 14.7 Å². The molecule has 0 radical (unpaired) electrons. The number of carboxylic acids is 1. The lowest BCUT2D eigenvalue weighted by Gasteiger charge is -2.21. The highest BCUT2D eigenvalue weighted by atomic mass is 35.5. The largest absolute Gasteiger partial charge is 0.480 e. The molecule has 19 heavy (non-hydrogen) atoms. The van der Waals surface area contributed by atoms with E-state index < -0.39 is 24.0 Å². The minimum Gasteiger partial charge on any atom is -0.480 e. The van der Waals surface area contributed by atoms with Crippen molar-refractivity contribution in [3.05, 3.63) is 34.3 Å². The molecule has 1 aliphatic rings. The van der Waals surface area contributed by atoms with Crippen LogP contribution in [0.25, 0.3) is 0 Å². The van der Waals surface area contributed by atoms with Gasteiger partial charge in [-0.1, -0.05) is 11.6 Å². The Labute approximate surface area is 115 Å². The highest BCUT2D eigenvalue weighted by Gasteiger charge is 2.39.